The van der Waals surface area contributed by atoms with Crippen LogP contribution in [0.15, 0.2) is 65.5 Å². The predicted octanol–water partition coefficient (Wildman–Crippen LogP) is 2.32. The van der Waals surface area contributed by atoms with Gasteiger partial charge in [0.25, 0.3) is 0 Å². The minimum Gasteiger partial charge on any atom is -0.480 e. The molecule has 0 radical (unpaired) electrons. The van der Waals surface area contributed by atoms with Crippen molar-refractivity contribution in [2.45, 2.75) is 62.3 Å². The van der Waals surface area contributed by atoms with Gasteiger partial charge in [0.15, 0.2) is 0 Å². The summed E-state index contributed by atoms with van der Waals surface area (Å²) < 4.78 is 5.21. The quantitative estimate of drug-likeness (QED) is 0.146. The molecule has 0 bridgehead atoms. The molecule has 3 aliphatic rings. The van der Waals surface area contributed by atoms with E-state index in [1.165, 1.54) is 22.9 Å². The van der Waals surface area contributed by atoms with Crippen molar-refractivity contribution in [2.75, 3.05) is 12.3 Å². The smallest absolute Gasteiger partial charge is 0.322 e. The summed E-state index contributed by atoms with van der Waals surface area (Å²) in [6.07, 6.45) is 8.65. The molecule has 0 fully saturated rings. The topological polar surface area (TPSA) is 185 Å². The van der Waals surface area contributed by atoms with Gasteiger partial charge in [0.2, 0.25) is 11.8 Å². The molecule has 1 aromatic rings. The minimum absolute atomic E-state index is 0.00792. The van der Waals surface area contributed by atoms with E-state index in [0.29, 0.717) is 12.2 Å². The second kappa shape index (κ2) is 14.0. The lowest BCUT2D eigenvalue weighted by molar-refractivity contribution is -0.140. The summed E-state index contributed by atoms with van der Waals surface area (Å²) in [4.78, 5) is 60.8. The molecule has 0 saturated carbocycles. The lowest BCUT2D eigenvalue weighted by atomic mass is 9.72. The first kappa shape index (κ1) is 32.0. The number of allylic oxidation sites excluding steroid dienone is 2. The first-order valence-electron chi connectivity index (χ1n) is 14.3. The monoisotopic (exact) mass is 611 g/mol. The number of hydrogen-bond donors (Lipinski definition) is 5. The molecule has 2 amide bonds. The van der Waals surface area contributed by atoms with E-state index in [-0.39, 0.29) is 30.5 Å². The van der Waals surface area contributed by atoms with Crippen molar-refractivity contribution in [1.29, 1.82) is 0 Å². The Hall–Kier alpha value is -3.90. The normalized spacial score (nSPS) is 23.5. The molecule has 230 valence electrons. The molecule has 1 aromatic carbocycles. The van der Waals surface area contributed by atoms with Gasteiger partial charge < -0.3 is 31.3 Å². The summed E-state index contributed by atoms with van der Waals surface area (Å²) >= 11 is 1.35. The van der Waals surface area contributed by atoms with Gasteiger partial charge in [-0.3, -0.25) is 24.0 Å². The first-order valence-corrected chi connectivity index (χ1v) is 15.3. The lowest BCUT2D eigenvalue weighted by Gasteiger charge is -2.37. The molecule has 5 atom stereocenters. The number of carboxylic acid groups (broad SMARTS) is 2. The van der Waals surface area contributed by atoms with Gasteiger partial charge in [0.05, 0.1) is 4.75 Å². The Morgan fingerprint density at radius 1 is 1.19 bits per heavy atom. The van der Waals surface area contributed by atoms with Crippen molar-refractivity contribution in [3.63, 3.8) is 0 Å². The second-order valence-corrected chi connectivity index (χ2v) is 12.4. The van der Waals surface area contributed by atoms with Crippen molar-refractivity contribution in [3.05, 3.63) is 71.0 Å². The molecule has 2 aliphatic carbocycles. The van der Waals surface area contributed by atoms with Gasteiger partial charge in [-0.15, -0.1) is 11.8 Å². The summed E-state index contributed by atoms with van der Waals surface area (Å²) in [5.41, 5.74) is 8.78. The van der Waals surface area contributed by atoms with Crippen LogP contribution in [0.3, 0.4) is 0 Å². The fraction of sp³-hybridized carbons (Fsp3) is 0.452. The fourth-order valence-corrected chi connectivity index (χ4v) is 7.23. The molecule has 6 N–H and O–H groups in total. The Bertz CT molecular complexity index is 1360. The van der Waals surface area contributed by atoms with Gasteiger partial charge in [-0.05, 0) is 36.8 Å². The van der Waals surface area contributed by atoms with E-state index >= 15 is 0 Å². The molecule has 0 saturated heterocycles. The van der Waals surface area contributed by atoms with Crippen LogP contribution in [0.1, 0.15) is 44.6 Å². The van der Waals surface area contributed by atoms with Crippen LogP contribution in [0.5, 0.6) is 0 Å². The zero-order valence-corrected chi connectivity index (χ0v) is 24.7. The van der Waals surface area contributed by atoms with Crippen LogP contribution in [0.2, 0.25) is 0 Å². The number of rotatable bonds is 15. The van der Waals surface area contributed by atoms with Gasteiger partial charge in [-0.25, -0.2) is 0 Å². The van der Waals surface area contributed by atoms with Crippen LogP contribution in [0.25, 0.3) is 0 Å². The number of carbonyl (C=O) groups is 5. The summed E-state index contributed by atoms with van der Waals surface area (Å²) in [5.74, 6) is -3.94. The largest absolute Gasteiger partial charge is 0.480 e. The molecular weight excluding hydrogens is 574 g/mol. The molecule has 43 heavy (non-hydrogen) atoms. The molecule has 0 spiro atoms. The number of esters is 1. The Labute approximate surface area is 254 Å². The average molecular weight is 612 g/mol. The number of nitrogens with one attached hydrogen (secondary N) is 2. The number of nitrogens with two attached hydrogens (primary N) is 1. The highest BCUT2D eigenvalue weighted by atomic mass is 32.2. The summed E-state index contributed by atoms with van der Waals surface area (Å²) in [7, 11) is 0. The van der Waals surface area contributed by atoms with E-state index in [1.54, 1.807) is 0 Å². The molecule has 4 rings (SSSR count). The Morgan fingerprint density at radius 3 is 2.60 bits per heavy atom. The summed E-state index contributed by atoms with van der Waals surface area (Å²) in [6.45, 7) is 1.37. The van der Waals surface area contributed by atoms with Crippen LogP contribution >= 0.6 is 11.8 Å². The maximum Gasteiger partial charge on any atom is 0.322 e. The van der Waals surface area contributed by atoms with Crippen LogP contribution in [-0.4, -0.2) is 69.1 Å². The minimum atomic E-state index is -1.24. The highest BCUT2D eigenvalue weighted by Gasteiger charge is 2.50. The van der Waals surface area contributed by atoms with E-state index < -0.39 is 53.0 Å². The molecule has 1 heterocycles. The SMILES string of the molecule is CCC[C@@]1(SC[C@H](NC(=O)CC[C@H](N)C(=O)O)C(=O)NCC(=O)O)C=C[C@@H]2CC(Cc3ccccc3)=C[C@@H]3C(=O)OC1=C32. The van der Waals surface area contributed by atoms with Crippen molar-refractivity contribution < 1.29 is 38.9 Å². The van der Waals surface area contributed by atoms with Gasteiger partial charge in [-0.2, -0.15) is 0 Å². The van der Waals surface area contributed by atoms with Crippen LogP contribution < -0.4 is 16.4 Å². The van der Waals surface area contributed by atoms with Crippen molar-refractivity contribution in [3.8, 4) is 0 Å². The third-order valence-corrected chi connectivity index (χ3v) is 9.33. The number of ether oxygens (including phenoxy) is 1. The van der Waals surface area contributed by atoms with E-state index in [9.17, 15) is 24.0 Å². The Kier molecular flexibility index (Phi) is 10.5. The number of carbonyl (C=O) groups excluding carboxylic acids is 3. The zero-order chi connectivity index (χ0) is 31.1. The van der Waals surface area contributed by atoms with Crippen molar-refractivity contribution in [1.82, 2.24) is 10.6 Å². The van der Waals surface area contributed by atoms with Gasteiger partial charge in [0, 0.05) is 18.1 Å². The van der Waals surface area contributed by atoms with Crippen LogP contribution in [0, 0.1) is 11.8 Å². The van der Waals surface area contributed by atoms with Crippen LogP contribution in [-0.2, 0) is 35.1 Å². The average Bonchev–Trinajstić information content (AvgIpc) is 3.32. The molecular formula is C31H37N3O8S. The highest BCUT2D eigenvalue weighted by molar-refractivity contribution is 8.01. The first-order chi connectivity index (χ1) is 20.5. The standard InChI is InChI=1S/C31H37N3O8S/c1-2-11-31(43-17-23(28(38)33-16-25(36)37)34-24(35)9-8-22(32)29(39)40)12-10-20-14-19(13-18-6-4-3-5-7-18)15-21-26(20)27(31)42-30(21)41/h3-7,10,12,15,20-23H,2,8-9,11,13-14,16-17,32H2,1H3,(H,33,38)(H,34,35)(H,36,37)(H,39,40)/t20-,21+,22+,23+,31-/m1/s1. The van der Waals surface area contributed by atoms with E-state index in [2.05, 4.69) is 28.8 Å². The number of amides is 2. The van der Waals surface area contributed by atoms with Crippen LogP contribution in [0.4, 0.5) is 0 Å². The molecule has 0 unspecified atom stereocenters. The number of carboxylic acids is 2. The number of thioether (sulfide) groups is 1. The van der Waals surface area contributed by atoms with E-state index in [4.69, 9.17) is 20.7 Å². The van der Waals surface area contributed by atoms with E-state index in [1.807, 2.05) is 37.3 Å². The third kappa shape index (κ3) is 7.74. The van der Waals surface area contributed by atoms with Gasteiger partial charge >= 0.3 is 17.9 Å². The lowest BCUT2D eigenvalue weighted by Crippen LogP contribution is -2.50. The predicted molar refractivity (Wildman–Crippen MR) is 160 cm³/mol. The Balaban J connectivity index is 1.54. The summed E-state index contributed by atoms with van der Waals surface area (Å²) in [5, 5.41) is 22.9. The molecule has 1 aliphatic heterocycles. The molecule has 12 heteroatoms. The number of benzene rings is 1. The van der Waals surface area contributed by atoms with Crippen molar-refractivity contribution >= 4 is 41.5 Å². The third-order valence-electron chi connectivity index (χ3n) is 7.79. The van der Waals surface area contributed by atoms with Crippen molar-refractivity contribution in [2.24, 2.45) is 17.6 Å². The maximum atomic E-state index is 13.2. The molecule has 11 nitrogen and oxygen atoms in total. The second-order valence-electron chi connectivity index (χ2n) is 11.0. The maximum absolute atomic E-state index is 13.2. The van der Waals surface area contributed by atoms with E-state index in [0.717, 1.165) is 24.8 Å². The fourth-order valence-electron chi connectivity index (χ4n) is 5.71. The zero-order valence-electron chi connectivity index (χ0n) is 23.9. The number of hydrogen-bond acceptors (Lipinski definition) is 8. The molecule has 0 aromatic heterocycles. The van der Waals surface area contributed by atoms with Gasteiger partial charge in [0.1, 0.15) is 30.3 Å². The highest BCUT2D eigenvalue weighted by Crippen LogP contribution is 2.53. The van der Waals surface area contributed by atoms with Gasteiger partial charge in [-0.1, -0.05) is 67.5 Å². The number of aliphatic carboxylic acids is 2. The Morgan fingerprint density at radius 2 is 1.93 bits per heavy atom. The summed E-state index contributed by atoms with van der Waals surface area (Å²) in [6, 6.07) is 7.72.